The van der Waals surface area contributed by atoms with Crippen LogP contribution in [0.4, 0.5) is 0 Å². The first-order chi connectivity index (χ1) is 7.15. The molecule has 5 heteroatoms. The zero-order valence-electron chi connectivity index (χ0n) is 8.74. The van der Waals surface area contributed by atoms with Gasteiger partial charge in [0.1, 0.15) is 5.15 Å². The maximum absolute atomic E-state index is 11.8. The Morgan fingerprint density at radius 1 is 1.67 bits per heavy atom. The first kappa shape index (κ1) is 11.9. The SMILES string of the molecule is COCCN(C)C(=O)c1ccnc(Cl)c1. The standard InChI is InChI=1S/C10H13ClN2O2/c1-13(5-6-15-2)10(14)8-3-4-12-9(11)7-8/h3-4,7H,5-6H2,1-2H3. The summed E-state index contributed by atoms with van der Waals surface area (Å²) in [5, 5.41) is 0.320. The molecular formula is C10H13ClN2O2. The Hall–Kier alpha value is -1.13. The van der Waals surface area contributed by atoms with Crippen LogP contribution in [0.2, 0.25) is 5.15 Å². The van der Waals surface area contributed by atoms with Gasteiger partial charge in [0.2, 0.25) is 0 Å². The minimum absolute atomic E-state index is 0.0867. The molecule has 0 fully saturated rings. The molecule has 0 spiro atoms. The second kappa shape index (κ2) is 5.68. The Kier molecular flexibility index (Phi) is 4.52. The predicted octanol–water partition coefficient (Wildman–Crippen LogP) is 1.45. The lowest BCUT2D eigenvalue weighted by molar-refractivity contribution is 0.0744. The van der Waals surface area contributed by atoms with Crippen molar-refractivity contribution in [3.05, 3.63) is 29.0 Å². The van der Waals surface area contributed by atoms with Crippen LogP contribution in [0, 0.1) is 0 Å². The van der Waals surface area contributed by atoms with Crippen LogP contribution in [0.5, 0.6) is 0 Å². The van der Waals surface area contributed by atoms with Gasteiger partial charge in [-0.25, -0.2) is 4.98 Å². The molecule has 1 rings (SSSR count). The van der Waals surface area contributed by atoms with E-state index in [-0.39, 0.29) is 5.91 Å². The highest BCUT2D eigenvalue weighted by Gasteiger charge is 2.11. The second-order valence-electron chi connectivity index (χ2n) is 3.09. The molecule has 0 radical (unpaired) electrons. The zero-order chi connectivity index (χ0) is 11.3. The average Bonchev–Trinajstić information content (AvgIpc) is 2.24. The van der Waals surface area contributed by atoms with Crippen LogP contribution in [-0.2, 0) is 4.74 Å². The molecule has 0 bridgehead atoms. The van der Waals surface area contributed by atoms with Crippen molar-refractivity contribution in [2.75, 3.05) is 27.3 Å². The van der Waals surface area contributed by atoms with Crippen molar-refractivity contribution in [2.45, 2.75) is 0 Å². The molecule has 0 saturated carbocycles. The highest BCUT2D eigenvalue weighted by atomic mass is 35.5. The van der Waals surface area contributed by atoms with Gasteiger partial charge in [-0.1, -0.05) is 11.6 Å². The molecule has 0 saturated heterocycles. The Morgan fingerprint density at radius 2 is 2.40 bits per heavy atom. The van der Waals surface area contributed by atoms with Crippen LogP contribution in [0.3, 0.4) is 0 Å². The van der Waals surface area contributed by atoms with E-state index in [1.165, 1.54) is 6.20 Å². The van der Waals surface area contributed by atoms with Crippen LogP contribution >= 0.6 is 11.6 Å². The lowest BCUT2D eigenvalue weighted by Crippen LogP contribution is -2.29. The number of methoxy groups -OCH3 is 1. The Balaban J connectivity index is 2.67. The molecule has 0 unspecified atom stereocenters. The van der Waals surface area contributed by atoms with Crippen LogP contribution < -0.4 is 0 Å². The molecule has 0 aromatic carbocycles. The van der Waals surface area contributed by atoms with Crippen molar-refractivity contribution in [1.82, 2.24) is 9.88 Å². The first-order valence-corrected chi connectivity index (χ1v) is 4.89. The fourth-order valence-electron chi connectivity index (χ4n) is 1.09. The molecule has 0 aliphatic carbocycles. The van der Waals surface area contributed by atoms with E-state index >= 15 is 0 Å². The summed E-state index contributed by atoms with van der Waals surface area (Å²) in [5.74, 6) is -0.0867. The van der Waals surface area contributed by atoms with Crippen molar-refractivity contribution in [3.63, 3.8) is 0 Å². The van der Waals surface area contributed by atoms with E-state index in [1.807, 2.05) is 0 Å². The van der Waals surface area contributed by atoms with Gasteiger partial charge in [0.05, 0.1) is 6.61 Å². The summed E-state index contributed by atoms with van der Waals surface area (Å²) in [6.45, 7) is 1.07. The summed E-state index contributed by atoms with van der Waals surface area (Å²) in [6.07, 6.45) is 1.51. The molecule has 1 amide bonds. The lowest BCUT2D eigenvalue weighted by atomic mass is 10.2. The number of hydrogen-bond donors (Lipinski definition) is 0. The molecule has 1 aromatic heterocycles. The van der Waals surface area contributed by atoms with E-state index < -0.39 is 0 Å². The van der Waals surface area contributed by atoms with Crippen molar-refractivity contribution < 1.29 is 9.53 Å². The Labute approximate surface area is 93.8 Å². The first-order valence-electron chi connectivity index (χ1n) is 4.51. The highest BCUT2D eigenvalue weighted by Crippen LogP contribution is 2.08. The van der Waals surface area contributed by atoms with Gasteiger partial charge >= 0.3 is 0 Å². The molecule has 1 aromatic rings. The molecule has 0 N–H and O–H groups in total. The minimum Gasteiger partial charge on any atom is -0.383 e. The largest absolute Gasteiger partial charge is 0.383 e. The number of hydrogen-bond acceptors (Lipinski definition) is 3. The molecule has 4 nitrogen and oxygen atoms in total. The van der Waals surface area contributed by atoms with Gasteiger partial charge in [-0.15, -0.1) is 0 Å². The van der Waals surface area contributed by atoms with Gasteiger partial charge in [-0.2, -0.15) is 0 Å². The number of ether oxygens (including phenoxy) is 1. The van der Waals surface area contributed by atoms with E-state index in [2.05, 4.69) is 4.98 Å². The van der Waals surface area contributed by atoms with Crippen LogP contribution in [-0.4, -0.2) is 43.1 Å². The topological polar surface area (TPSA) is 42.4 Å². The zero-order valence-corrected chi connectivity index (χ0v) is 9.49. The molecule has 0 atom stereocenters. The molecule has 82 valence electrons. The smallest absolute Gasteiger partial charge is 0.253 e. The van der Waals surface area contributed by atoms with Gasteiger partial charge in [-0.05, 0) is 12.1 Å². The number of amides is 1. The molecule has 1 heterocycles. The average molecular weight is 229 g/mol. The summed E-state index contributed by atoms with van der Waals surface area (Å²) in [7, 11) is 3.32. The van der Waals surface area contributed by atoms with Gasteiger partial charge in [-0.3, -0.25) is 4.79 Å². The van der Waals surface area contributed by atoms with E-state index in [1.54, 1.807) is 31.2 Å². The van der Waals surface area contributed by atoms with Gasteiger partial charge in [0.25, 0.3) is 5.91 Å². The van der Waals surface area contributed by atoms with Gasteiger partial charge in [0, 0.05) is 32.5 Å². The minimum atomic E-state index is -0.0867. The normalized spacial score (nSPS) is 10.1. The number of likely N-dealkylation sites (N-methyl/N-ethyl adjacent to an activating group) is 1. The quantitative estimate of drug-likeness (QED) is 0.733. The third-order valence-electron chi connectivity index (χ3n) is 1.95. The summed E-state index contributed by atoms with van der Waals surface area (Å²) in [4.78, 5) is 17.2. The molecular weight excluding hydrogens is 216 g/mol. The Morgan fingerprint density at radius 3 is 3.00 bits per heavy atom. The third kappa shape index (κ3) is 3.49. The number of aromatic nitrogens is 1. The number of carbonyl (C=O) groups is 1. The molecule has 0 aliphatic heterocycles. The van der Waals surface area contributed by atoms with E-state index in [0.717, 1.165) is 0 Å². The van der Waals surface area contributed by atoms with Crippen molar-refractivity contribution in [2.24, 2.45) is 0 Å². The number of halogens is 1. The molecule has 0 aliphatic rings. The van der Waals surface area contributed by atoms with Crippen LogP contribution in [0.1, 0.15) is 10.4 Å². The highest BCUT2D eigenvalue weighted by molar-refractivity contribution is 6.29. The summed E-state index contributed by atoms with van der Waals surface area (Å²) in [6, 6.07) is 3.19. The summed E-state index contributed by atoms with van der Waals surface area (Å²) in [5.41, 5.74) is 0.536. The second-order valence-corrected chi connectivity index (χ2v) is 3.47. The van der Waals surface area contributed by atoms with Crippen LogP contribution in [0.25, 0.3) is 0 Å². The van der Waals surface area contributed by atoms with Crippen molar-refractivity contribution >= 4 is 17.5 Å². The Bertz CT molecular complexity index is 344. The number of carbonyl (C=O) groups excluding carboxylic acids is 1. The summed E-state index contributed by atoms with van der Waals surface area (Å²) >= 11 is 5.69. The lowest BCUT2D eigenvalue weighted by Gasteiger charge is -2.16. The third-order valence-corrected chi connectivity index (χ3v) is 2.16. The number of rotatable bonds is 4. The maximum atomic E-state index is 11.8. The monoisotopic (exact) mass is 228 g/mol. The number of pyridine rings is 1. The van der Waals surface area contributed by atoms with E-state index in [9.17, 15) is 4.79 Å². The van der Waals surface area contributed by atoms with Gasteiger partial charge < -0.3 is 9.64 Å². The summed E-state index contributed by atoms with van der Waals surface area (Å²) < 4.78 is 4.89. The molecule has 15 heavy (non-hydrogen) atoms. The maximum Gasteiger partial charge on any atom is 0.253 e. The van der Waals surface area contributed by atoms with Gasteiger partial charge in [0.15, 0.2) is 0 Å². The van der Waals surface area contributed by atoms with E-state index in [4.69, 9.17) is 16.3 Å². The van der Waals surface area contributed by atoms with Crippen LogP contribution in [0.15, 0.2) is 18.3 Å². The van der Waals surface area contributed by atoms with Crippen molar-refractivity contribution in [1.29, 1.82) is 0 Å². The fraction of sp³-hybridized carbons (Fsp3) is 0.400. The predicted molar refractivity (Wildman–Crippen MR) is 58.1 cm³/mol. The van der Waals surface area contributed by atoms with E-state index in [0.29, 0.717) is 23.9 Å². The van der Waals surface area contributed by atoms with Crippen molar-refractivity contribution in [3.8, 4) is 0 Å². The number of nitrogens with zero attached hydrogens (tertiary/aromatic N) is 2. The fourth-order valence-corrected chi connectivity index (χ4v) is 1.26.